The Kier molecular flexibility index (Phi) is 5.18. The van der Waals surface area contributed by atoms with Crippen LogP contribution in [-0.2, 0) is 4.79 Å². The first kappa shape index (κ1) is 15.0. The summed E-state index contributed by atoms with van der Waals surface area (Å²) in [6.07, 6.45) is 5.15. The van der Waals surface area contributed by atoms with Crippen LogP contribution in [0.25, 0.3) is 0 Å². The van der Waals surface area contributed by atoms with Gasteiger partial charge < -0.3 is 10.4 Å². The van der Waals surface area contributed by atoms with Crippen LogP contribution in [0.15, 0.2) is 30.3 Å². The van der Waals surface area contributed by atoms with Crippen LogP contribution >= 0.6 is 0 Å². The molecule has 20 heavy (non-hydrogen) atoms. The van der Waals surface area contributed by atoms with Gasteiger partial charge >= 0.3 is 0 Å². The molecule has 0 aromatic heterocycles. The van der Waals surface area contributed by atoms with Gasteiger partial charge in [-0.15, -0.1) is 0 Å². The van der Waals surface area contributed by atoms with Gasteiger partial charge in [0.05, 0.1) is 12.5 Å². The first-order chi connectivity index (χ1) is 9.71. The minimum Gasteiger partial charge on any atom is -0.396 e. The van der Waals surface area contributed by atoms with Crippen LogP contribution in [0.4, 0.5) is 0 Å². The predicted molar refractivity (Wildman–Crippen MR) is 80.5 cm³/mol. The van der Waals surface area contributed by atoms with Gasteiger partial charge in [0.1, 0.15) is 0 Å². The molecule has 2 rings (SSSR count). The SMILES string of the molecule is CCC(C(=O)NCC1(CO)CCCC1)c1ccccc1. The Bertz CT molecular complexity index is 424. The lowest BCUT2D eigenvalue weighted by Crippen LogP contribution is -2.40. The van der Waals surface area contributed by atoms with Gasteiger partial charge in [0.2, 0.25) is 5.91 Å². The second kappa shape index (κ2) is 6.89. The average Bonchev–Trinajstić information content (AvgIpc) is 2.97. The molecule has 0 bridgehead atoms. The summed E-state index contributed by atoms with van der Waals surface area (Å²) in [6, 6.07) is 9.92. The number of rotatable bonds is 6. The minimum absolute atomic E-state index is 0.0787. The number of carbonyl (C=O) groups is 1. The van der Waals surface area contributed by atoms with E-state index in [2.05, 4.69) is 5.32 Å². The molecule has 0 heterocycles. The summed E-state index contributed by atoms with van der Waals surface area (Å²) in [7, 11) is 0. The van der Waals surface area contributed by atoms with E-state index in [1.807, 2.05) is 37.3 Å². The summed E-state index contributed by atoms with van der Waals surface area (Å²) in [5.41, 5.74) is 0.988. The molecule has 0 spiro atoms. The maximum Gasteiger partial charge on any atom is 0.227 e. The lowest BCUT2D eigenvalue weighted by atomic mass is 9.86. The molecule has 1 fully saturated rings. The fraction of sp³-hybridized carbons (Fsp3) is 0.588. The smallest absolute Gasteiger partial charge is 0.227 e. The third-order valence-corrected chi connectivity index (χ3v) is 4.56. The first-order valence-corrected chi connectivity index (χ1v) is 7.64. The molecule has 1 unspecified atom stereocenters. The largest absolute Gasteiger partial charge is 0.396 e. The fourth-order valence-corrected chi connectivity index (χ4v) is 3.17. The van der Waals surface area contributed by atoms with Crippen LogP contribution in [0, 0.1) is 5.41 Å². The molecule has 1 amide bonds. The molecule has 3 nitrogen and oxygen atoms in total. The number of amides is 1. The van der Waals surface area contributed by atoms with E-state index < -0.39 is 0 Å². The Morgan fingerprint density at radius 3 is 2.50 bits per heavy atom. The monoisotopic (exact) mass is 275 g/mol. The van der Waals surface area contributed by atoms with Crippen LogP contribution in [-0.4, -0.2) is 24.2 Å². The molecule has 0 saturated heterocycles. The third kappa shape index (κ3) is 3.40. The molecular formula is C17H25NO2. The third-order valence-electron chi connectivity index (χ3n) is 4.56. The lowest BCUT2D eigenvalue weighted by Gasteiger charge is -2.27. The van der Waals surface area contributed by atoms with E-state index in [1.165, 1.54) is 0 Å². The molecule has 1 aliphatic rings. The summed E-state index contributed by atoms with van der Waals surface area (Å²) >= 11 is 0. The Labute approximate surface area is 121 Å². The van der Waals surface area contributed by atoms with Gasteiger partial charge in [-0.1, -0.05) is 50.1 Å². The van der Waals surface area contributed by atoms with E-state index in [4.69, 9.17) is 0 Å². The maximum absolute atomic E-state index is 12.4. The summed E-state index contributed by atoms with van der Waals surface area (Å²) in [6.45, 7) is 2.82. The second-order valence-electron chi connectivity index (χ2n) is 5.95. The zero-order valence-electron chi connectivity index (χ0n) is 12.3. The van der Waals surface area contributed by atoms with E-state index in [0.717, 1.165) is 37.7 Å². The van der Waals surface area contributed by atoms with E-state index in [-0.39, 0.29) is 23.8 Å². The molecule has 3 heteroatoms. The van der Waals surface area contributed by atoms with Gasteiger partial charge in [0, 0.05) is 12.0 Å². The molecule has 110 valence electrons. The van der Waals surface area contributed by atoms with Gasteiger partial charge in [0.25, 0.3) is 0 Å². The van der Waals surface area contributed by atoms with Crippen molar-refractivity contribution in [3.05, 3.63) is 35.9 Å². The van der Waals surface area contributed by atoms with Gasteiger partial charge in [-0.3, -0.25) is 4.79 Å². The molecule has 1 aromatic carbocycles. The zero-order chi connectivity index (χ0) is 14.4. The maximum atomic E-state index is 12.4. The second-order valence-corrected chi connectivity index (χ2v) is 5.95. The van der Waals surface area contributed by atoms with E-state index in [9.17, 15) is 9.90 Å². The summed E-state index contributed by atoms with van der Waals surface area (Å²) in [5, 5.41) is 12.7. The number of aliphatic hydroxyl groups is 1. The van der Waals surface area contributed by atoms with Crippen molar-refractivity contribution in [2.24, 2.45) is 5.41 Å². The number of nitrogens with one attached hydrogen (secondary N) is 1. The number of hydrogen-bond donors (Lipinski definition) is 2. The van der Waals surface area contributed by atoms with Crippen molar-refractivity contribution in [1.29, 1.82) is 0 Å². The average molecular weight is 275 g/mol. The Balaban J connectivity index is 1.96. The number of hydrogen-bond acceptors (Lipinski definition) is 2. The summed E-state index contributed by atoms with van der Waals surface area (Å²) < 4.78 is 0. The number of benzene rings is 1. The fourth-order valence-electron chi connectivity index (χ4n) is 3.17. The number of aliphatic hydroxyl groups excluding tert-OH is 1. The highest BCUT2D eigenvalue weighted by molar-refractivity contribution is 5.83. The summed E-state index contributed by atoms with van der Waals surface area (Å²) in [4.78, 5) is 12.4. The molecule has 1 saturated carbocycles. The van der Waals surface area contributed by atoms with Crippen LogP contribution in [0.5, 0.6) is 0 Å². The van der Waals surface area contributed by atoms with Crippen LogP contribution in [0.2, 0.25) is 0 Å². The Morgan fingerprint density at radius 1 is 1.30 bits per heavy atom. The topological polar surface area (TPSA) is 49.3 Å². The van der Waals surface area contributed by atoms with Crippen LogP contribution in [0.3, 0.4) is 0 Å². The number of carbonyl (C=O) groups excluding carboxylic acids is 1. The van der Waals surface area contributed by atoms with Crippen molar-refractivity contribution in [3.63, 3.8) is 0 Å². The predicted octanol–water partition coefficient (Wildman–Crippen LogP) is 2.85. The normalized spacial score (nSPS) is 18.7. The molecule has 1 atom stereocenters. The molecular weight excluding hydrogens is 250 g/mol. The highest BCUT2D eigenvalue weighted by atomic mass is 16.3. The molecule has 2 N–H and O–H groups in total. The highest BCUT2D eigenvalue weighted by Gasteiger charge is 2.34. The quantitative estimate of drug-likeness (QED) is 0.838. The molecule has 0 aliphatic heterocycles. The van der Waals surface area contributed by atoms with E-state index in [1.54, 1.807) is 0 Å². The molecule has 1 aromatic rings. The molecule has 1 aliphatic carbocycles. The Morgan fingerprint density at radius 2 is 1.95 bits per heavy atom. The van der Waals surface area contributed by atoms with Crippen molar-refractivity contribution < 1.29 is 9.90 Å². The molecule has 0 radical (unpaired) electrons. The van der Waals surface area contributed by atoms with Crippen molar-refractivity contribution in [1.82, 2.24) is 5.32 Å². The Hall–Kier alpha value is -1.35. The first-order valence-electron chi connectivity index (χ1n) is 7.64. The van der Waals surface area contributed by atoms with Crippen molar-refractivity contribution in [2.75, 3.05) is 13.2 Å². The van der Waals surface area contributed by atoms with Crippen LogP contribution < -0.4 is 5.32 Å². The van der Waals surface area contributed by atoms with E-state index in [0.29, 0.717) is 6.54 Å². The van der Waals surface area contributed by atoms with Crippen molar-refractivity contribution >= 4 is 5.91 Å². The standard InChI is InChI=1S/C17H25NO2/c1-2-15(14-8-4-3-5-9-14)16(20)18-12-17(13-19)10-6-7-11-17/h3-5,8-9,15,19H,2,6-7,10-13H2,1H3,(H,18,20). The van der Waals surface area contributed by atoms with Crippen LogP contribution in [0.1, 0.15) is 50.5 Å². The van der Waals surface area contributed by atoms with Gasteiger partial charge in [0.15, 0.2) is 0 Å². The zero-order valence-corrected chi connectivity index (χ0v) is 12.3. The minimum atomic E-state index is -0.0895. The lowest BCUT2D eigenvalue weighted by molar-refractivity contribution is -0.123. The van der Waals surface area contributed by atoms with Crippen molar-refractivity contribution in [2.45, 2.75) is 44.9 Å². The highest BCUT2D eigenvalue weighted by Crippen LogP contribution is 2.37. The van der Waals surface area contributed by atoms with Crippen molar-refractivity contribution in [3.8, 4) is 0 Å². The van der Waals surface area contributed by atoms with Gasteiger partial charge in [-0.25, -0.2) is 0 Å². The summed E-state index contributed by atoms with van der Waals surface area (Å²) in [5.74, 6) is -0.00762. The van der Waals surface area contributed by atoms with E-state index >= 15 is 0 Å². The van der Waals surface area contributed by atoms with Gasteiger partial charge in [-0.2, -0.15) is 0 Å². The van der Waals surface area contributed by atoms with Gasteiger partial charge in [-0.05, 0) is 24.8 Å².